The molecular weight excluding hydrogens is 216 g/mol. The Morgan fingerprint density at radius 3 is 2.76 bits per heavy atom. The molecule has 0 aliphatic rings. The fourth-order valence-corrected chi connectivity index (χ4v) is 1.48. The molecule has 0 aliphatic carbocycles. The van der Waals surface area contributed by atoms with Gasteiger partial charge in [0.05, 0.1) is 17.6 Å². The summed E-state index contributed by atoms with van der Waals surface area (Å²) in [6.07, 6.45) is 3.63. The van der Waals surface area contributed by atoms with Crippen LogP contribution in [0.4, 0.5) is 0 Å². The summed E-state index contributed by atoms with van der Waals surface area (Å²) in [5, 5.41) is 7.28. The molecule has 17 heavy (non-hydrogen) atoms. The van der Waals surface area contributed by atoms with E-state index in [0.29, 0.717) is 6.61 Å². The van der Waals surface area contributed by atoms with Crippen molar-refractivity contribution >= 4 is 0 Å². The molecule has 5 nitrogen and oxygen atoms in total. The molecule has 0 saturated heterocycles. The average molecular weight is 232 g/mol. The third kappa shape index (κ3) is 3.29. The minimum Gasteiger partial charge on any atom is -0.486 e. The molecule has 0 bridgehead atoms. The van der Waals surface area contributed by atoms with Gasteiger partial charge in [0.15, 0.2) is 0 Å². The van der Waals surface area contributed by atoms with Crippen LogP contribution in [0.2, 0.25) is 0 Å². The zero-order chi connectivity index (χ0) is 12.1. The number of hydrogen-bond donors (Lipinski definition) is 1. The lowest BCUT2D eigenvalue weighted by Crippen LogP contribution is -2.06. The van der Waals surface area contributed by atoms with Crippen molar-refractivity contribution in [3.05, 3.63) is 42.0 Å². The fourth-order valence-electron chi connectivity index (χ4n) is 1.48. The van der Waals surface area contributed by atoms with E-state index in [9.17, 15) is 0 Å². The molecule has 0 radical (unpaired) electrons. The molecule has 0 unspecified atom stereocenters. The van der Waals surface area contributed by atoms with Crippen LogP contribution < -0.4 is 10.1 Å². The number of ether oxygens (including phenoxy) is 1. The van der Waals surface area contributed by atoms with Crippen LogP contribution in [0.25, 0.3) is 0 Å². The van der Waals surface area contributed by atoms with E-state index in [4.69, 9.17) is 4.74 Å². The highest BCUT2D eigenvalue weighted by atomic mass is 16.5. The van der Waals surface area contributed by atoms with Crippen molar-refractivity contribution < 1.29 is 4.74 Å². The molecule has 0 atom stereocenters. The molecule has 0 spiro atoms. The summed E-state index contributed by atoms with van der Waals surface area (Å²) in [6.45, 7) is 1.23. The van der Waals surface area contributed by atoms with E-state index in [2.05, 4.69) is 15.4 Å². The van der Waals surface area contributed by atoms with Gasteiger partial charge in [-0.3, -0.25) is 9.67 Å². The van der Waals surface area contributed by atoms with Crippen molar-refractivity contribution in [1.82, 2.24) is 20.1 Å². The molecule has 0 fully saturated rings. The van der Waals surface area contributed by atoms with Crippen LogP contribution in [0.1, 0.15) is 11.4 Å². The first-order valence-electron chi connectivity index (χ1n) is 5.49. The van der Waals surface area contributed by atoms with Gasteiger partial charge < -0.3 is 10.1 Å². The first kappa shape index (κ1) is 11.6. The summed E-state index contributed by atoms with van der Waals surface area (Å²) < 4.78 is 7.34. The number of nitrogens with zero attached hydrogens (tertiary/aromatic N) is 3. The molecule has 2 aromatic rings. The second-order valence-electron chi connectivity index (χ2n) is 3.78. The van der Waals surface area contributed by atoms with E-state index >= 15 is 0 Å². The fraction of sp³-hybridized carbons (Fsp3) is 0.333. The lowest BCUT2D eigenvalue weighted by atomic mass is 10.3. The number of aromatic nitrogens is 3. The molecule has 0 amide bonds. The molecular formula is C12H16N4O. The normalized spacial score (nSPS) is 10.5. The molecule has 90 valence electrons. The van der Waals surface area contributed by atoms with Gasteiger partial charge in [-0.05, 0) is 25.2 Å². The number of pyridine rings is 1. The van der Waals surface area contributed by atoms with Crippen molar-refractivity contribution in [3.8, 4) is 5.75 Å². The maximum Gasteiger partial charge on any atom is 0.138 e. The standard InChI is InChI=1S/C12H16N4O/c1-13-7-10-3-4-12(8-14-10)17-9-11-5-6-16(2)15-11/h3-6,8,13H,7,9H2,1-2H3. The van der Waals surface area contributed by atoms with E-state index < -0.39 is 0 Å². The Morgan fingerprint density at radius 2 is 2.18 bits per heavy atom. The van der Waals surface area contributed by atoms with E-state index in [-0.39, 0.29) is 0 Å². The summed E-state index contributed by atoms with van der Waals surface area (Å²) in [5.41, 5.74) is 1.91. The summed E-state index contributed by atoms with van der Waals surface area (Å²) in [4.78, 5) is 4.27. The SMILES string of the molecule is CNCc1ccc(OCc2ccn(C)n2)cn1. The lowest BCUT2D eigenvalue weighted by molar-refractivity contribution is 0.298. The molecule has 1 N–H and O–H groups in total. The van der Waals surface area contributed by atoms with Gasteiger partial charge in [0.25, 0.3) is 0 Å². The zero-order valence-electron chi connectivity index (χ0n) is 10.1. The van der Waals surface area contributed by atoms with Gasteiger partial charge in [0.2, 0.25) is 0 Å². The first-order chi connectivity index (χ1) is 8.28. The molecule has 0 saturated carbocycles. The largest absolute Gasteiger partial charge is 0.486 e. The van der Waals surface area contributed by atoms with Crippen LogP contribution in [-0.2, 0) is 20.2 Å². The van der Waals surface area contributed by atoms with Gasteiger partial charge >= 0.3 is 0 Å². The van der Waals surface area contributed by atoms with Crippen molar-refractivity contribution in [3.63, 3.8) is 0 Å². The predicted molar refractivity (Wildman–Crippen MR) is 64.5 cm³/mol. The van der Waals surface area contributed by atoms with Gasteiger partial charge in [0.1, 0.15) is 12.4 Å². The maximum absolute atomic E-state index is 5.58. The number of rotatable bonds is 5. The van der Waals surface area contributed by atoms with Crippen LogP contribution in [0, 0.1) is 0 Å². The number of nitrogens with one attached hydrogen (secondary N) is 1. The van der Waals surface area contributed by atoms with E-state index in [1.807, 2.05) is 38.5 Å². The Balaban J connectivity index is 1.90. The molecule has 0 aliphatic heterocycles. The first-order valence-corrected chi connectivity index (χ1v) is 5.49. The molecule has 0 aromatic carbocycles. The monoisotopic (exact) mass is 232 g/mol. The third-order valence-electron chi connectivity index (χ3n) is 2.31. The van der Waals surface area contributed by atoms with Crippen LogP contribution in [0.15, 0.2) is 30.6 Å². The van der Waals surface area contributed by atoms with Crippen LogP contribution in [0.5, 0.6) is 5.75 Å². The van der Waals surface area contributed by atoms with Crippen molar-refractivity contribution in [2.24, 2.45) is 7.05 Å². The third-order valence-corrected chi connectivity index (χ3v) is 2.31. The summed E-state index contributed by atoms with van der Waals surface area (Å²) in [5.74, 6) is 0.760. The van der Waals surface area contributed by atoms with Crippen molar-refractivity contribution in [2.75, 3.05) is 7.05 Å². The Kier molecular flexibility index (Phi) is 3.72. The second-order valence-corrected chi connectivity index (χ2v) is 3.78. The highest BCUT2D eigenvalue weighted by Gasteiger charge is 1.99. The minimum atomic E-state index is 0.466. The van der Waals surface area contributed by atoms with Crippen LogP contribution >= 0.6 is 0 Å². The van der Waals surface area contributed by atoms with Crippen molar-refractivity contribution in [1.29, 1.82) is 0 Å². The van der Waals surface area contributed by atoms with Gasteiger partial charge in [-0.25, -0.2) is 0 Å². The molecule has 2 heterocycles. The smallest absolute Gasteiger partial charge is 0.138 e. The highest BCUT2D eigenvalue weighted by Crippen LogP contribution is 2.11. The molecule has 2 aromatic heterocycles. The Bertz CT molecular complexity index is 464. The molecule has 5 heteroatoms. The number of aryl methyl sites for hydroxylation is 1. The summed E-state index contributed by atoms with van der Waals surface area (Å²) >= 11 is 0. The quantitative estimate of drug-likeness (QED) is 0.839. The Labute approximate surface area is 100 Å². The minimum absolute atomic E-state index is 0.466. The predicted octanol–water partition coefficient (Wildman–Crippen LogP) is 1.11. The van der Waals surface area contributed by atoms with Crippen molar-refractivity contribution in [2.45, 2.75) is 13.2 Å². The highest BCUT2D eigenvalue weighted by molar-refractivity contribution is 5.20. The van der Waals surface area contributed by atoms with Crippen LogP contribution in [-0.4, -0.2) is 21.8 Å². The lowest BCUT2D eigenvalue weighted by Gasteiger charge is -2.04. The second kappa shape index (κ2) is 5.45. The maximum atomic E-state index is 5.58. The zero-order valence-corrected chi connectivity index (χ0v) is 10.1. The molecule has 2 rings (SSSR count). The van der Waals surface area contributed by atoms with E-state index in [0.717, 1.165) is 23.7 Å². The Morgan fingerprint density at radius 1 is 1.29 bits per heavy atom. The average Bonchev–Trinajstić information content (AvgIpc) is 2.75. The summed E-state index contributed by atoms with van der Waals surface area (Å²) in [7, 11) is 3.78. The topological polar surface area (TPSA) is 52.0 Å². The van der Waals surface area contributed by atoms with Gasteiger partial charge in [-0.2, -0.15) is 5.10 Å². The van der Waals surface area contributed by atoms with Gasteiger partial charge in [-0.1, -0.05) is 0 Å². The van der Waals surface area contributed by atoms with Crippen LogP contribution in [0.3, 0.4) is 0 Å². The summed E-state index contributed by atoms with van der Waals surface area (Å²) in [6, 6.07) is 5.80. The van der Waals surface area contributed by atoms with E-state index in [1.165, 1.54) is 0 Å². The van der Waals surface area contributed by atoms with Gasteiger partial charge in [-0.15, -0.1) is 0 Å². The number of hydrogen-bond acceptors (Lipinski definition) is 4. The van der Waals surface area contributed by atoms with E-state index in [1.54, 1.807) is 10.9 Å². The van der Waals surface area contributed by atoms with Gasteiger partial charge in [0, 0.05) is 19.8 Å². The Hall–Kier alpha value is -1.88.